The third-order valence-electron chi connectivity index (χ3n) is 3.95. The molecule has 0 aliphatic heterocycles. The summed E-state index contributed by atoms with van der Waals surface area (Å²) in [4.78, 5) is 11.6. The minimum atomic E-state index is 0.141. The van der Waals surface area contributed by atoms with Crippen LogP contribution in [0.2, 0.25) is 5.02 Å². The van der Waals surface area contributed by atoms with Crippen molar-refractivity contribution in [2.24, 2.45) is 5.92 Å². The molecule has 1 amide bonds. The van der Waals surface area contributed by atoms with E-state index >= 15 is 0 Å². The second-order valence-corrected chi connectivity index (χ2v) is 6.76. The molecule has 1 aliphatic rings. The molecule has 0 aromatic heterocycles. The second-order valence-electron chi connectivity index (χ2n) is 6.32. The Labute approximate surface area is 132 Å². The number of halogens is 1. The molecule has 1 fully saturated rings. The molecule has 4 heteroatoms. The second kappa shape index (κ2) is 7.81. The Balaban J connectivity index is 1.59. The van der Waals surface area contributed by atoms with E-state index in [1.165, 1.54) is 5.56 Å². The largest absolute Gasteiger partial charge is 0.356 e. The summed E-state index contributed by atoms with van der Waals surface area (Å²) in [6.07, 6.45) is 2.83. The van der Waals surface area contributed by atoms with Gasteiger partial charge in [0, 0.05) is 30.6 Å². The van der Waals surface area contributed by atoms with E-state index in [-0.39, 0.29) is 5.91 Å². The predicted octanol–water partition coefficient (Wildman–Crippen LogP) is 3.34. The van der Waals surface area contributed by atoms with E-state index in [0.717, 1.165) is 31.0 Å². The van der Waals surface area contributed by atoms with Gasteiger partial charge in [-0.15, -0.1) is 0 Å². The fraction of sp³-hybridized carbons (Fsp3) is 0.588. The number of benzene rings is 1. The van der Waals surface area contributed by atoms with Gasteiger partial charge in [0.2, 0.25) is 5.91 Å². The molecule has 0 atom stereocenters. The summed E-state index contributed by atoms with van der Waals surface area (Å²) in [5.41, 5.74) is 1.33. The van der Waals surface area contributed by atoms with E-state index in [9.17, 15) is 4.79 Å². The highest BCUT2D eigenvalue weighted by Gasteiger charge is 2.29. The molecule has 116 valence electrons. The molecule has 2 rings (SSSR count). The zero-order chi connectivity index (χ0) is 15.2. The van der Waals surface area contributed by atoms with Gasteiger partial charge >= 0.3 is 0 Å². The zero-order valence-electron chi connectivity index (χ0n) is 12.9. The highest BCUT2D eigenvalue weighted by molar-refractivity contribution is 6.30. The van der Waals surface area contributed by atoms with Crippen molar-refractivity contribution in [3.05, 3.63) is 34.9 Å². The minimum absolute atomic E-state index is 0.141. The van der Waals surface area contributed by atoms with E-state index in [1.807, 2.05) is 12.1 Å². The molecular formula is C17H25ClN2O. The van der Waals surface area contributed by atoms with Crippen molar-refractivity contribution >= 4 is 17.5 Å². The Bertz CT molecular complexity index is 470. The van der Waals surface area contributed by atoms with Gasteiger partial charge in [-0.3, -0.25) is 4.79 Å². The van der Waals surface area contributed by atoms with Crippen LogP contribution < -0.4 is 10.6 Å². The summed E-state index contributed by atoms with van der Waals surface area (Å²) >= 11 is 6.02. The lowest BCUT2D eigenvalue weighted by atomic mass is 9.76. The van der Waals surface area contributed by atoms with Gasteiger partial charge in [-0.2, -0.15) is 0 Å². The van der Waals surface area contributed by atoms with Crippen molar-refractivity contribution in [3.8, 4) is 0 Å². The van der Waals surface area contributed by atoms with Crippen LogP contribution in [0.5, 0.6) is 0 Å². The van der Waals surface area contributed by atoms with Gasteiger partial charge in [0.15, 0.2) is 0 Å². The van der Waals surface area contributed by atoms with E-state index in [0.29, 0.717) is 24.3 Å². The van der Waals surface area contributed by atoms with Gasteiger partial charge in [-0.25, -0.2) is 0 Å². The maximum absolute atomic E-state index is 11.6. The van der Waals surface area contributed by atoms with Gasteiger partial charge in [-0.1, -0.05) is 37.6 Å². The Morgan fingerprint density at radius 2 is 2.14 bits per heavy atom. The van der Waals surface area contributed by atoms with Crippen LogP contribution in [-0.4, -0.2) is 25.0 Å². The van der Waals surface area contributed by atoms with Crippen LogP contribution in [0.3, 0.4) is 0 Å². The predicted molar refractivity (Wildman–Crippen MR) is 87.7 cm³/mol. The van der Waals surface area contributed by atoms with Crippen LogP contribution in [0.15, 0.2) is 24.3 Å². The first-order chi connectivity index (χ1) is 10.0. The molecule has 1 aliphatic carbocycles. The lowest BCUT2D eigenvalue weighted by Gasteiger charge is -2.36. The summed E-state index contributed by atoms with van der Waals surface area (Å²) in [6, 6.07) is 8.66. The standard InChI is InChI=1S/C17H25ClN2O/c1-12(2)11-20-17(21)6-7-19-16-9-14(10-16)13-4-3-5-15(18)8-13/h3-5,8,12,14,16,19H,6-7,9-11H2,1-2H3,(H,20,21). The fourth-order valence-corrected chi connectivity index (χ4v) is 2.81. The molecular weight excluding hydrogens is 284 g/mol. The maximum Gasteiger partial charge on any atom is 0.221 e. The summed E-state index contributed by atoms with van der Waals surface area (Å²) in [5, 5.41) is 7.21. The molecule has 0 saturated heterocycles. The summed E-state index contributed by atoms with van der Waals surface area (Å²) in [5.74, 6) is 1.25. The molecule has 21 heavy (non-hydrogen) atoms. The number of amides is 1. The van der Waals surface area contributed by atoms with Crippen LogP contribution >= 0.6 is 11.6 Å². The fourth-order valence-electron chi connectivity index (χ4n) is 2.61. The average Bonchev–Trinajstić information content (AvgIpc) is 2.39. The van der Waals surface area contributed by atoms with Gasteiger partial charge in [-0.05, 0) is 42.4 Å². The van der Waals surface area contributed by atoms with Crippen molar-refractivity contribution in [3.63, 3.8) is 0 Å². The molecule has 0 radical (unpaired) electrons. The number of carbonyl (C=O) groups excluding carboxylic acids is 1. The summed E-state index contributed by atoms with van der Waals surface area (Å²) in [6.45, 7) is 5.72. The first-order valence-electron chi connectivity index (χ1n) is 7.80. The van der Waals surface area contributed by atoms with Crippen molar-refractivity contribution < 1.29 is 4.79 Å². The van der Waals surface area contributed by atoms with Gasteiger partial charge in [0.25, 0.3) is 0 Å². The quantitative estimate of drug-likeness (QED) is 0.811. The third-order valence-corrected chi connectivity index (χ3v) is 4.19. The molecule has 1 aromatic rings. The smallest absolute Gasteiger partial charge is 0.221 e. The lowest BCUT2D eigenvalue weighted by molar-refractivity contribution is -0.121. The third kappa shape index (κ3) is 5.33. The van der Waals surface area contributed by atoms with E-state index < -0.39 is 0 Å². The first-order valence-corrected chi connectivity index (χ1v) is 8.18. The Morgan fingerprint density at radius 1 is 1.38 bits per heavy atom. The Hall–Kier alpha value is -1.06. The van der Waals surface area contributed by atoms with Gasteiger partial charge in [0.1, 0.15) is 0 Å². The lowest BCUT2D eigenvalue weighted by Crippen LogP contribution is -2.41. The van der Waals surface area contributed by atoms with Crippen LogP contribution in [0.25, 0.3) is 0 Å². The van der Waals surface area contributed by atoms with Crippen LogP contribution in [0, 0.1) is 5.92 Å². The SMILES string of the molecule is CC(C)CNC(=O)CCNC1CC(c2cccc(Cl)c2)C1. The average molecular weight is 309 g/mol. The number of nitrogens with one attached hydrogen (secondary N) is 2. The molecule has 0 heterocycles. The maximum atomic E-state index is 11.6. The number of carbonyl (C=O) groups is 1. The summed E-state index contributed by atoms with van der Waals surface area (Å²) < 4.78 is 0. The van der Waals surface area contributed by atoms with Crippen LogP contribution in [-0.2, 0) is 4.79 Å². The van der Waals surface area contributed by atoms with Crippen molar-refractivity contribution in [2.75, 3.05) is 13.1 Å². The van der Waals surface area contributed by atoms with Gasteiger partial charge in [0.05, 0.1) is 0 Å². The van der Waals surface area contributed by atoms with Crippen LogP contribution in [0.1, 0.15) is 44.6 Å². The first kappa shape index (κ1) is 16.3. The highest BCUT2D eigenvalue weighted by atomic mass is 35.5. The van der Waals surface area contributed by atoms with Crippen molar-refractivity contribution in [1.29, 1.82) is 0 Å². The number of hydrogen-bond acceptors (Lipinski definition) is 2. The zero-order valence-corrected chi connectivity index (χ0v) is 13.6. The molecule has 0 unspecified atom stereocenters. The molecule has 0 bridgehead atoms. The van der Waals surface area contributed by atoms with E-state index in [1.54, 1.807) is 0 Å². The molecule has 1 aromatic carbocycles. The Morgan fingerprint density at radius 3 is 2.81 bits per heavy atom. The molecule has 3 nitrogen and oxygen atoms in total. The van der Waals surface area contributed by atoms with Crippen molar-refractivity contribution in [2.45, 2.75) is 45.1 Å². The van der Waals surface area contributed by atoms with Crippen LogP contribution in [0.4, 0.5) is 0 Å². The molecule has 1 saturated carbocycles. The Kier molecular flexibility index (Phi) is 6.07. The number of hydrogen-bond donors (Lipinski definition) is 2. The molecule has 0 spiro atoms. The molecule has 2 N–H and O–H groups in total. The van der Waals surface area contributed by atoms with E-state index in [2.05, 4.69) is 36.6 Å². The monoisotopic (exact) mass is 308 g/mol. The number of rotatable bonds is 7. The van der Waals surface area contributed by atoms with Crippen molar-refractivity contribution in [1.82, 2.24) is 10.6 Å². The summed E-state index contributed by atoms with van der Waals surface area (Å²) in [7, 11) is 0. The normalized spacial score (nSPS) is 21.1. The van der Waals surface area contributed by atoms with Gasteiger partial charge < -0.3 is 10.6 Å². The topological polar surface area (TPSA) is 41.1 Å². The minimum Gasteiger partial charge on any atom is -0.356 e. The highest BCUT2D eigenvalue weighted by Crippen LogP contribution is 2.37. The van der Waals surface area contributed by atoms with E-state index in [4.69, 9.17) is 11.6 Å².